The monoisotopic (exact) mass is 559 g/mol. The van der Waals surface area contributed by atoms with Crippen molar-refractivity contribution < 1.29 is 61.4 Å². The molecule has 0 spiro atoms. The van der Waals surface area contributed by atoms with Crippen molar-refractivity contribution in [3.8, 4) is 12.3 Å². The smallest absolute Gasteiger partial charge is 0.386 e. The summed E-state index contributed by atoms with van der Waals surface area (Å²) in [4.78, 5) is 55.0. The molecule has 3 rings (SSSR count). The van der Waals surface area contributed by atoms with Crippen LogP contribution < -0.4 is 5.56 Å². The third-order valence-electron chi connectivity index (χ3n) is 4.79. The van der Waals surface area contributed by atoms with E-state index in [1.54, 1.807) is 0 Å². The van der Waals surface area contributed by atoms with Gasteiger partial charge >= 0.3 is 23.5 Å². The van der Waals surface area contributed by atoms with Crippen LogP contribution in [0.3, 0.4) is 0 Å². The highest BCUT2D eigenvalue weighted by atomic mass is 31.3. The van der Waals surface area contributed by atoms with E-state index in [1.807, 2.05) is 5.92 Å². The molecule has 7 atom stereocenters. The number of fused-ring (bicyclic) bond motifs is 1. The fourth-order valence-corrected chi connectivity index (χ4v) is 6.64. The molecule has 2 aromatic heterocycles. The van der Waals surface area contributed by atoms with E-state index in [-0.39, 0.29) is 16.9 Å². The van der Waals surface area contributed by atoms with Crippen LogP contribution in [0.25, 0.3) is 11.0 Å². The molecular formula is C15H20N3O14P3. The van der Waals surface area contributed by atoms with Crippen LogP contribution in [-0.4, -0.2) is 68.2 Å². The molecule has 2 aromatic rings. The van der Waals surface area contributed by atoms with Crippen LogP contribution in [0.4, 0.5) is 0 Å². The Balaban J connectivity index is 1.89. The lowest BCUT2D eigenvalue weighted by atomic mass is 9.93. The van der Waals surface area contributed by atoms with E-state index in [2.05, 4.69) is 23.1 Å². The molecule has 7 N–H and O–H groups in total. The number of phosphoric ester groups is 1. The Kier molecular flexibility index (Phi) is 7.39. The largest absolute Gasteiger partial charge is 0.490 e. The van der Waals surface area contributed by atoms with E-state index in [0.717, 1.165) is 11.5 Å². The van der Waals surface area contributed by atoms with E-state index in [9.17, 15) is 38.5 Å². The Morgan fingerprint density at radius 3 is 2.46 bits per heavy atom. The minimum Gasteiger partial charge on any atom is -0.386 e. The quantitative estimate of drug-likeness (QED) is 0.157. The Labute approximate surface area is 195 Å². The van der Waals surface area contributed by atoms with Gasteiger partial charge in [-0.05, 0) is 19.9 Å². The lowest BCUT2D eigenvalue weighted by Gasteiger charge is -2.27. The number of aromatic nitrogens is 3. The van der Waals surface area contributed by atoms with Gasteiger partial charge in [0.2, 0.25) is 0 Å². The molecule has 3 unspecified atom stereocenters. The van der Waals surface area contributed by atoms with Crippen LogP contribution in [0.15, 0.2) is 17.1 Å². The summed E-state index contributed by atoms with van der Waals surface area (Å²) in [6, 6.07) is 1.34. The number of terminal acetylenes is 1. The van der Waals surface area contributed by atoms with E-state index in [1.165, 1.54) is 19.2 Å². The summed E-state index contributed by atoms with van der Waals surface area (Å²) in [6.07, 6.45) is -0.234. The number of aliphatic hydroxyl groups is 2. The Morgan fingerprint density at radius 1 is 1.26 bits per heavy atom. The fraction of sp³-hybridized carbons (Fsp3) is 0.467. The number of aliphatic hydroxyl groups excluding tert-OH is 1. The number of phosphoric acid groups is 3. The summed E-state index contributed by atoms with van der Waals surface area (Å²) in [6.45, 7) is 2.52. The molecule has 1 aliphatic rings. The first kappa shape index (κ1) is 27.9. The zero-order chi connectivity index (χ0) is 26.6. The molecular weight excluding hydrogens is 539 g/mol. The Morgan fingerprint density at radius 2 is 1.89 bits per heavy atom. The van der Waals surface area contributed by atoms with Crippen LogP contribution in [0.1, 0.15) is 19.0 Å². The summed E-state index contributed by atoms with van der Waals surface area (Å²) < 4.78 is 53.1. The second-order valence-electron chi connectivity index (χ2n) is 7.38. The molecule has 35 heavy (non-hydrogen) atoms. The molecule has 20 heteroatoms. The summed E-state index contributed by atoms with van der Waals surface area (Å²) in [5.74, 6) is 2.18. The normalized spacial score (nSPS) is 29.4. The van der Waals surface area contributed by atoms with Gasteiger partial charge < -0.3 is 44.1 Å². The summed E-state index contributed by atoms with van der Waals surface area (Å²) in [5, 5.41) is 21.7. The number of rotatable bonds is 8. The zero-order valence-electron chi connectivity index (χ0n) is 17.7. The summed E-state index contributed by atoms with van der Waals surface area (Å²) in [7, 11) is -17.0. The first-order valence-electron chi connectivity index (χ1n) is 9.32. The second-order valence-corrected chi connectivity index (χ2v) is 11.8. The van der Waals surface area contributed by atoms with Crippen molar-refractivity contribution in [1.29, 1.82) is 0 Å². The molecule has 194 valence electrons. The van der Waals surface area contributed by atoms with Gasteiger partial charge in [0.15, 0.2) is 11.8 Å². The van der Waals surface area contributed by atoms with Crippen molar-refractivity contribution in [3.63, 3.8) is 0 Å². The van der Waals surface area contributed by atoms with E-state index in [4.69, 9.17) is 20.9 Å². The molecule has 17 nitrogen and oxygen atoms in total. The van der Waals surface area contributed by atoms with Crippen LogP contribution in [0.2, 0.25) is 0 Å². The van der Waals surface area contributed by atoms with Crippen molar-refractivity contribution in [3.05, 3.63) is 28.4 Å². The lowest BCUT2D eigenvalue weighted by Crippen LogP contribution is -2.47. The van der Waals surface area contributed by atoms with Gasteiger partial charge in [0, 0.05) is 6.20 Å². The van der Waals surface area contributed by atoms with Gasteiger partial charge in [-0.15, -0.1) is 6.42 Å². The van der Waals surface area contributed by atoms with Gasteiger partial charge in [-0.3, -0.25) is 9.32 Å². The van der Waals surface area contributed by atoms with Gasteiger partial charge in [0.25, 0.3) is 5.56 Å². The van der Waals surface area contributed by atoms with Crippen LogP contribution in [0, 0.1) is 19.3 Å². The van der Waals surface area contributed by atoms with Gasteiger partial charge in [0.1, 0.15) is 23.7 Å². The molecule has 1 saturated heterocycles. The van der Waals surface area contributed by atoms with Gasteiger partial charge in [0.05, 0.1) is 11.5 Å². The zero-order valence-corrected chi connectivity index (χ0v) is 20.4. The molecule has 0 bridgehead atoms. The predicted molar refractivity (Wildman–Crippen MR) is 113 cm³/mol. The molecule has 3 heterocycles. The SMILES string of the molecule is C#CC1(O)[C@@H](O)[C@@H]([C@H](C)OP(=O)(O)OP(=O)(O)OP(=O)(O)O)O[C@H]1n1ccc2c(=O)[nH]c(C)nc21. The van der Waals surface area contributed by atoms with Crippen LogP contribution in [0.5, 0.6) is 0 Å². The van der Waals surface area contributed by atoms with E-state index in [0.29, 0.717) is 0 Å². The lowest BCUT2D eigenvalue weighted by molar-refractivity contribution is -0.0829. The van der Waals surface area contributed by atoms with Gasteiger partial charge in [-0.25, -0.2) is 18.7 Å². The second kappa shape index (κ2) is 9.29. The van der Waals surface area contributed by atoms with Crippen LogP contribution >= 0.6 is 23.5 Å². The van der Waals surface area contributed by atoms with Crippen molar-refractivity contribution in [2.45, 2.75) is 44.0 Å². The molecule has 1 aliphatic heterocycles. The number of aromatic amines is 1. The topological polar surface area (TPSA) is 260 Å². The van der Waals surface area contributed by atoms with Crippen molar-refractivity contribution in [2.75, 3.05) is 0 Å². The first-order valence-corrected chi connectivity index (χ1v) is 13.8. The highest BCUT2D eigenvalue weighted by molar-refractivity contribution is 7.66. The average Bonchev–Trinajstić information content (AvgIpc) is 3.18. The van der Waals surface area contributed by atoms with Gasteiger partial charge in [-0.2, -0.15) is 8.62 Å². The molecule has 0 radical (unpaired) electrons. The summed E-state index contributed by atoms with van der Waals surface area (Å²) >= 11 is 0. The number of aryl methyl sites for hydroxylation is 1. The third-order valence-corrected chi connectivity index (χ3v) is 8.71. The maximum atomic E-state index is 12.2. The van der Waals surface area contributed by atoms with Crippen molar-refractivity contribution >= 4 is 34.5 Å². The minimum atomic E-state index is -5.79. The number of H-pyrrole nitrogens is 1. The molecule has 0 aliphatic carbocycles. The molecule has 0 saturated carbocycles. The molecule has 0 aromatic carbocycles. The van der Waals surface area contributed by atoms with Crippen LogP contribution in [-0.2, 0) is 31.6 Å². The predicted octanol–water partition coefficient (Wildman–Crippen LogP) is -0.613. The average molecular weight is 559 g/mol. The minimum absolute atomic E-state index is 0.0262. The highest BCUT2D eigenvalue weighted by Gasteiger charge is 2.58. The number of nitrogens with zero attached hydrogens (tertiary/aromatic N) is 2. The Bertz CT molecular complexity index is 1380. The van der Waals surface area contributed by atoms with Crippen molar-refractivity contribution in [1.82, 2.24) is 14.5 Å². The highest BCUT2D eigenvalue weighted by Crippen LogP contribution is 2.66. The number of hydrogen-bond donors (Lipinski definition) is 7. The fourth-order valence-electron chi connectivity index (χ4n) is 3.44. The first-order chi connectivity index (χ1) is 15.9. The van der Waals surface area contributed by atoms with E-state index < -0.39 is 59.2 Å². The van der Waals surface area contributed by atoms with Crippen molar-refractivity contribution in [2.24, 2.45) is 0 Å². The maximum Gasteiger partial charge on any atom is 0.490 e. The number of ether oxygens (including phenoxy) is 1. The maximum absolute atomic E-state index is 12.2. The van der Waals surface area contributed by atoms with Gasteiger partial charge in [-0.1, -0.05) is 5.92 Å². The number of hydrogen-bond acceptors (Lipinski definition) is 11. The number of nitrogens with one attached hydrogen (secondary N) is 1. The molecule has 0 amide bonds. The summed E-state index contributed by atoms with van der Waals surface area (Å²) in [5.41, 5.74) is -2.97. The standard InChI is InChI=1S/C15H20N3O14P3/c1-4-15(21)11(19)10(7(2)30-34(25,26)32-35(27,28)31-33(22,23)24)29-14(15)18-6-5-9-12(18)16-8(3)17-13(9)20/h1,5-7,10-11,14,19,21H,2-3H3,(H,25,26)(H,27,28)(H,16,17,20)(H2,22,23,24)/t7-,10+,11-,14+,15?/m0/s1. The molecule has 1 fully saturated rings. The Hall–Kier alpha value is -1.73. The van der Waals surface area contributed by atoms with E-state index >= 15 is 0 Å². The third kappa shape index (κ3) is 5.82.